The Hall–Kier alpha value is -4.35. The number of hydrogen-bond donors (Lipinski definition) is 1. The number of halogens is 6. The number of aromatic nitrogens is 2. The summed E-state index contributed by atoms with van der Waals surface area (Å²) in [6.07, 6.45) is -4.69. The predicted molar refractivity (Wildman–Crippen MR) is 148 cm³/mol. The lowest BCUT2D eigenvalue weighted by Gasteiger charge is -2.40. The Morgan fingerprint density at radius 2 is 1.95 bits per heavy atom. The van der Waals surface area contributed by atoms with Crippen molar-refractivity contribution in [2.45, 2.75) is 56.1 Å². The van der Waals surface area contributed by atoms with Gasteiger partial charge in [0.05, 0.1) is 6.04 Å². The molecule has 3 aromatic rings. The van der Waals surface area contributed by atoms with Gasteiger partial charge in [-0.3, -0.25) is 14.5 Å². The highest BCUT2D eigenvalue weighted by molar-refractivity contribution is 6.31. The third kappa shape index (κ3) is 6.89. The monoisotopic (exact) mass is 634 g/mol. The molecule has 2 amide bonds. The number of carbonyl (C=O) groups is 2. The molecule has 9 nitrogen and oxygen atoms in total. The highest BCUT2D eigenvalue weighted by Gasteiger charge is 2.47. The van der Waals surface area contributed by atoms with Crippen LogP contribution in [0, 0.1) is 11.3 Å². The smallest absolute Gasteiger partial charge is 0.406 e. The molecule has 0 radical (unpaired) electrons. The van der Waals surface area contributed by atoms with Crippen LogP contribution in [0.1, 0.15) is 43.0 Å². The van der Waals surface area contributed by atoms with Crippen LogP contribution in [0.2, 0.25) is 5.02 Å². The van der Waals surface area contributed by atoms with E-state index in [4.69, 9.17) is 11.6 Å². The largest absolute Gasteiger partial charge is 0.573 e. The molecule has 1 aliphatic heterocycles. The molecule has 2 unspecified atom stereocenters. The summed E-state index contributed by atoms with van der Waals surface area (Å²) in [6.45, 7) is -0.109. The standard InChI is InChI=1S/C29H24ClF5N6O3/c30-22-7-2-1-6-21(22)24(16-38-18-13-28(31,32)14-18)40(19-4-3-5-20(12-19)44-29(33,34)35)26(43)23-8-9-25(42)41(23)27-37-11-10-17(15-36)39-27/h1-7,10-12,18,23-24,38H,8-9,13-14,16H2. The molecule has 1 N–H and O–H groups in total. The van der Waals surface area contributed by atoms with E-state index in [1.54, 1.807) is 24.3 Å². The molecular formula is C29H24ClF5N6O3. The second-order valence-electron chi connectivity index (χ2n) is 10.3. The second-order valence-corrected chi connectivity index (χ2v) is 10.7. The zero-order chi connectivity index (χ0) is 31.6. The van der Waals surface area contributed by atoms with Crippen molar-refractivity contribution in [2.75, 3.05) is 16.3 Å². The van der Waals surface area contributed by atoms with Crippen LogP contribution in [0.3, 0.4) is 0 Å². The maximum Gasteiger partial charge on any atom is 0.573 e. The number of ether oxygens (including phenoxy) is 1. The lowest BCUT2D eigenvalue weighted by Crippen LogP contribution is -2.53. The Morgan fingerprint density at radius 1 is 1.20 bits per heavy atom. The van der Waals surface area contributed by atoms with E-state index in [2.05, 4.69) is 20.0 Å². The van der Waals surface area contributed by atoms with Gasteiger partial charge in [0, 0.05) is 54.8 Å². The molecule has 2 fully saturated rings. The predicted octanol–water partition coefficient (Wildman–Crippen LogP) is 5.56. The first-order valence-electron chi connectivity index (χ1n) is 13.4. The van der Waals surface area contributed by atoms with E-state index in [0.717, 1.165) is 17.0 Å². The normalized spacial score (nSPS) is 18.8. The SMILES string of the molecule is N#Cc1ccnc(N2C(=O)CCC2C(=O)N(c2cccc(OC(F)(F)F)c2)C(CNC2CC(F)(F)C2)c2ccccc2Cl)n1. The number of nitrogens with one attached hydrogen (secondary N) is 1. The Morgan fingerprint density at radius 3 is 2.64 bits per heavy atom. The topological polar surface area (TPSA) is 111 Å². The molecule has 5 rings (SSSR count). The van der Waals surface area contributed by atoms with Crippen LogP contribution in [-0.2, 0) is 9.59 Å². The molecular weight excluding hydrogens is 611 g/mol. The Balaban J connectivity index is 1.59. The first kappa shape index (κ1) is 31.1. The summed E-state index contributed by atoms with van der Waals surface area (Å²) in [5, 5.41) is 12.5. The van der Waals surface area contributed by atoms with Crippen molar-refractivity contribution < 1.29 is 36.3 Å². The molecule has 1 saturated carbocycles. The molecule has 2 heterocycles. The molecule has 15 heteroatoms. The lowest BCUT2D eigenvalue weighted by molar-refractivity contribution is -0.274. The molecule has 1 aliphatic carbocycles. The first-order chi connectivity index (χ1) is 20.8. The number of benzene rings is 2. The first-order valence-corrected chi connectivity index (χ1v) is 13.8. The summed E-state index contributed by atoms with van der Waals surface area (Å²) in [5.41, 5.74) is 0.292. The van der Waals surface area contributed by atoms with Gasteiger partial charge in [-0.25, -0.2) is 18.7 Å². The molecule has 1 saturated heterocycles. The molecule has 230 valence electrons. The number of anilines is 2. The number of alkyl halides is 5. The maximum atomic E-state index is 14.5. The fourth-order valence-electron chi connectivity index (χ4n) is 5.32. The van der Waals surface area contributed by atoms with Gasteiger partial charge in [0.15, 0.2) is 0 Å². The number of hydrogen-bond acceptors (Lipinski definition) is 7. The maximum absolute atomic E-state index is 14.5. The third-order valence-corrected chi connectivity index (χ3v) is 7.65. The quantitative estimate of drug-likeness (QED) is 0.307. The molecule has 0 bridgehead atoms. The van der Waals surface area contributed by atoms with E-state index in [1.807, 2.05) is 6.07 Å². The van der Waals surface area contributed by atoms with E-state index < -0.39 is 60.8 Å². The minimum atomic E-state index is -5.02. The van der Waals surface area contributed by atoms with Crippen LogP contribution >= 0.6 is 11.6 Å². The van der Waals surface area contributed by atoms with Crippen LogP contribution in [0.4, 0.5) is 33.6 Å². The minimum Gasteiger partial charge on any atom is -0.406 e. The number of amides is 2. The number of rotatable bonds is 9. The molecule has 44 heavy (non-hydrogen) atoms. The summed E-state index contributed by atoms with van der Waals surface area (Å²) >= 11 is 6.55. The van der Waals surface area contributed by atoms with Gasteiger partial charge in [-0.1, -0.05) is 35.9 Å². The zero-order valence-electron chi connectivity index (χ0n) is 22.8. The molecule has 1 aromatic heterocycles. The Labute approximate surface area is 253 Å². The highest BCUT2D eigenvalue weighted by Crippen LogP contribution is 2.40. The molecule has 0 spiro atoms. The van der Waals surface area contributed by atoms with Crippen molar-refractivity contribution in [2.24, 2.45) is 0 Å². The average molecular weight is 635 g/mol. The fraction of sp³-hybridized carbons (Fsp3) is 0.345. The van der Waals surface area contributed by atoms with E-state index in [0.29, 0.717) is 5.56 Å². The van der Waals surface area contributed by atoms with Gasteiger partial charge in [0.2, 0.25) is 11.9 Å². The van der Waals surface area contributed by atoms with Crippen LogP contribution in [0.15, 0.2) is 60.8 Å². The van der Waals surface area contributed by atoms with Crippen molar-refractivity contribution >= 4 is 35.1 Å². The fourth-order valence-corrected chi connectivity index (χ4v) is 5.58. The molecule has 2 atom stereocenters. The van der Waals surface area contributed by atoms with E-state index in [9.17, 15) is 36.8 Å². The van der Waals surface area contributed by atoms with Gasteiger partial charge in [-0.2, -0.15) is 5.26 Å². The van der Waals surface area contributed by atoms with Gasteiger partial charge >= 0.3 is 6.36 Å². The van der Waals surface area contributed by atoms with Crippen molar-refractivity contribution in [1.29, 1.82) is 5.26 Å². The van der Waals surface area contributed by atoms with Crippen LogP contribution in [0.25, 0.3) is 0 Å². The van der Waals surface area contributed by atoms with Gasteiger partial charge < -0.3 is 15.0 Å². The molecule has 2 aromatic carbocycles. The van der Waals surface area contributed by atoms with Gasteiger partial charge in [0.25, 0.3) is 11.8 Å². The lowest BCUT2D eigenvalue weighted by atomic mass is 9.88. The second kappa shape index (κ2) is 12.3. The zero-order valence-corrected chi connectivity index (χ0v) is 23.5. The third-order valence-electron chi connectivity index (χ3n) is 7.30. The average Bonchev–Trinajstić information content (AvgIpc) is 3.34. The summed E-state index contributed by atoms with van der Waals surface area (Å²) in [6, 6.07) is 11.5. The van der Waals surface area contributed by atoms with Crippen molar-refractivity contribution in [3.05, 3.63) is 77.1 Å². The summed E-state index contributed by atoms with van der Waals surface area (Å²) in [4.78, 5) is 37.9. The van der Waals surface area contributed by atoms with Crippen LogP contribution in [0.5, 0.6) is 5.75 Å². The van der Waals surface area contributed by atoms with Gasteiger partial charge in [0.1, 0.15) is 23.6 Å². The van der Waals surface area contributed by atoms with E-state index in [-0.39, 0.29) is 41.7 Å². The highest BCUT2D eigenvalue weighted by atomic mass is 35.5. The summed E-state index contributed by atoms with van der Waals surface area (Å²) < 4.78 is 70.8. The Bertz CT molecular complexity index is 1590. The van der Waals surface area contributed by atoms with Crippen molar-refractivity contribution in [1.82, 2.24) is 15.3 Å². The van der Waals surface area contributed by atoms with Gasteiger partial charge in [-0.05, 0) is 36.2 Å². The summed E-state index contributed by atoms with van der Waals surface area (Å²) in [5.74, 6) is -4.86. The number of nitrogens with zero attached hydrogens (tertiary/aromatic N) is 5. The van der Waals surface area contributed by atoms with E-state index >= 15 is 0 Å². The van der Waals surface area contributed by atoms with E-state index in [1.165, 1.54) is 29.3 Å². The van der Waals surface area contributed by atoms with Gasteiger partial charge in [-0.15, -0.1) is 13.2 Å². The summed E-state index contributed by atoms with van der Waals surface area (Å²) in [7, 11) is 0. The van der Waals surface area contributed by atoms with Crippen molar-refractivity contribution in [3.8, 4) is 11.8 Å². The minimum absolute atomic E-state index is 0.00453. The number of carbonyl (C=O) groups excluding carboxylic acids is 2. The molecule has 2 aliphatic rings. The van der Waals surface area contributed by atoms with Crippen LogP contribution < -0.4 is 19.9 Å². The number of nitriles is 1. The Kier molecular flexibility index (Phi) is 8.71. The van der Waals surface area contributed by atoms with Crippen molar-refractivity contribution in [3.63, 3.8) is 0 Å². The van der Waals surface area contributed by atoms with Crippen LogP contribution in [-0.4, -0.2) is 52.7 Å².